The Bertz CT molecular complexity index is 607. The first-order valence-electron chi connectivity index (χ1n) is 6.95. The molecule has 2 aromatic rings. The van der Waals surface area contributed by atoms with Crippen LogP contribution >= 0.6 is 22.7 Å². The number of carboxylic acids is 1. The van der Waals surface area contributed by atoms with E-state index in [0.717, 1.165) is 11.6 Å². The van der Waals surface area contributed by atoms with Gasteiger partial charge in [0.2, 0.25) is 0 Å². The van der Waals surface area contributed by atoms with E-state index in [2.05, 4.69) is 28.3 Å². The van der Waals surface area contributed by atoms with Gasteiger partial charge in [-0.15, -0.1) is 11.3 Å². The van der Waals surface area contributed by atoms with Crippen LogP contribution in [0.25, 0.3) is 0 Å². The summed E-state index contributed by atoms with van der Waals surface area (Å²) in [6, 6.07) is 4.30. The van der Waals surface area contributed by atoms with Gasteiger partial charge in [0.25, 0.3) is 0 Å². The fraction of sp³-hybridized carbons (Fsp3) is 0.467. The third-order valence-electron chi connectivity index (χ3n) is 3.75. The Morgan fingerprint density at radius 2 is 2.19 bits per heavy atom. The van der Waals surface area contributed by atoms with Crippen LogP contribution in [0, 0.1) is 0 Å². The normalized spacial score (nSPS) is 13.9. The summed E-state index contributed by atoms with van der Waals surface area (Å²) in [6.07, 6.45) is 0.883. The molecule has 0 aliphatic rings. The van der Waals surface area contributed by atoms with Gasteiger partial charge in [-0.25, -0.2) is 9.78 Å². The summed E-state index contributed by atoms with van der Waals surface area (Å²) in [4.78, 5) is 19.7. The summed E-state index contributed by atoms with van der Waals surface area (Å²) >= 11 is 2.97. The fourth-order valence-corrected chi connectivity index (χ4v) is 3.93. The number of carbonyl (C=O) groups is 1. The van der Waals surface area contributed by atoms with Crippen molar-refractivity contribution in [2.24, 2.45) is 0 Å². The molecule has 2 rings (SSSR count). The first-order valence-corrected chi connectivity index (χ1v) is 8.65. The highest BCUT2D eigenvalue weighted by atomic mass is 32.1. The van der Waals surface area contributed by atoms with E-state index in [1.165, 1.54) is 16.2 Å². The lowest BCUT2D eigenvalue weighted by Crippen LogP contribution is -2.20. The van der Waals surface area contributed by atoms with E-state index in [0.29, 0.717) is 10.6 Å². The second-order valence-electron chi connectivity index (χ2n) is 5.13. The van der Waals surface area contributed by atoms with Crippen LogP contribution in [0.3, 0.4) is 0 Å². The molecule has 2 unspecified atom stereocenters. The molecule has 1 N–H and O–H groups in total. The van der Waals surface area contributed by atoms with Crippen molar-refractivity contribution in [1.29, 1.82) is 0 Å². The minimum absolute atomic E-state index is 0.159. The molecule has 2 heterocycles. The lowest BCUT2D eigenvalue weighted by atomic mass is 10.0. The lowest BCUT2D eigenvalue weighted by Gasteiger charge is -2.23. The number of thiophene rings is 1. The van der Waals surface area contributed by atoms with Crippen molar-refractivity contribution in [2.75, 3.05) is 11.9 Å². The molecule has 2 aromatic heterocycles. The monoisotopic (exact) mass is 324 g/mol. The molecule has 0 aromatic carbocycles. The van der Waals surface area contributed by atoms with Crippen molar-refractivity contribution in [2.45, 2.75) is 39.2 Å². The highest BCUT2D eigenvalue weighted by Crippen LogP contribution is 2.35. The number of nitrogens with zero attached hydrogens (tertiary/aromatic N) is 2. The zero-order valence-corrected chi connectivity index (χ0v) is 14.3. The Morgan fingerprint density at radius 3 is 2.71 bits per heavy atom. The van der Waals surface area contributed by atoms with Crippen molar-refractivity contribution in [1.82, 2.24) is 4.98 Å². The molecule has 0 spiro atoms. The van der Waals surface area contributed by atoms with Gasteiger partial charge >= 0.3 is 5.97 Å². The first-order chi connectivity index (χ1) is 9.95. The summed E-state index contributed by atoms with van der Waals surface area (Å²) in [5, 5.41) is 12.2. The molecule has 0 aliphatic heterocycles. The van der Waals surface area contributed by atoms with Gasteiger partial charge in [0.15, 0.2) is 5.13 Å². The topological polar surface area (TPSA) is 53.4 Å². The summed E-state index contributed by atoms with van der Waals surface area (Å²) in [5.41, 5.74) is 0.704. The quantitative estimate of drug-likeness (QED) is 0.843. The van der Waals surface area contributed by atoms with Gasteiger partial charge < -0.3 is 10.0 Å². The van der Waals surface area contributed by atoms with E-state index in [4.69, 9.17) is 0 Å². The summed E-state index contributed by atoms with van der Waals surface area (Å²) in [6.45, 7) is 6.18. The highest BCUT2D eigenvalue weighted by Gasteiger charge is 2.24. The number of hydrogen-bond donors (Lipinski definition) is 1. The standard InChI is InChI=1S/C15H20N2O2S2/c1-5-9(2)12-13(14(18)19)21-15(16-12)17(4)10(3)11-7-6-8-20-11/h6-10H,5H2,1-4H3,(H,18,19). The van der Waals surface area contributed by atoms with Gasteiger partial charge in [0, 0.05) is 11.9 Å². The summed E-state index contributed by atoms with van der Waals surface area (Å²) in [7, 11) is 1.97. The summed E-state index contributed by atoms with van der Waals surface area (Å²) < 4.78 is 0. The fourth-order valence-electron chi connectivity index (χ4n) is 2.04. The minimum Gasteiger partial charge on any atom is -0.477 e. The van der Waals surface area contributed by atoms with Crippen LogP contribution in [-0.4, -0.2) is 23.1 Å². The predicted octanol–water partition coefficient (Wildman–Crippen LogP) is 4.61. The first kappa shape index (κ1) is 16.0. The number of hydrogen-bond acceptors (Lipinski definition) is 5. The maximum atomic E-state index is 11.4. The van der Waals surface area contributed by atoms with Gasteiger partial charge in [-0.3, -0.25) is 0 Å². The Labute approximate surface area is 133 Å². The smallest absolute Gasteiger partial charge is 0.347 e. The van der Waals surface area contributed by atoms with E-state index in [9.17, 15) is 9.90 Å². The number of thiazole rings is 1. The van der Waals surface area contributed by atoms with E-state index >= 15 is 0 Å². The van der Waals surface area contributed by atoms with E-state index in [1.807, 2.05) is 27.0 Å². The molecule has 21 heavy (non-hydrogen) atoms. The maximum Gasteiger partial charge on any atom is 0.347 e. The molecular formula is C15H20N2O2S2. The predicted molar refractivity (Wildman–Crippen MR) is 88.9 cm³/mol. The lowest BCUT2D eigenvalue weighted by molar-refractivity contribution is 0.0700. The van der Waals surface area contributed by atoms with Crippen LogP contribution in [0.4, 0.5) is 5.13 Å². The van der Waals surface area contributed by atoms with E-state index in [-0.39, 0.29) is 12.0 Å². The summed E-state index contributed by atoms with van der Waals surface area (Å²) in [5.74, 6) is -0.724. The van der Waals surface area contributed by atoms with Crippen molar-refractivity contribution in [3.05, 3.63) is 33.0 Å². The van der Waals surface area contributed by atoms with Crippen molar-refractivity contribution in [3.63, 3.8) is 0 Å². The molecule has 2 atom stereocenters. The third-order valence-corrected chi connectivity index (χ3v) is 5.95. The van der Waals surface area contributed by atoms with E-state index in [1.54, 1.807) is 11.3 Å². The van der Waals surface area contributed by atoms with Gasteiger partial charge in [-0.05, 0) is 30.7 Å². The number of aromatic nitrogens is 1. The van der Waals surface area contributed by atoms with Gasteiger partial charge in [-0.2, -0.15) is 0 Å². The van der Waals surface area contributed by atoms with Crippen LogP contribution in [0.2, 0.25) is 0 Å². The molecule has 0 saturated heterocycles. The van der Waals surface area contributed by atoms with Crippen molar-refractivity contribution >= 4 is 33.8 Å². The zero-order valence-electron chi connectivity index (χ0n) is 12.7. The van der Waals surface area contributed by atoms with Crippen LogP contribution in [0.15, 0.2) is 17.5 Å². The second-order valence-corrected chi connectivity index (χ2v) is 7.08. The highest BCUT2D eigenvalue weighted by molar-refractivity contribution is 7.17. The van der Waals surface area contributed by atoms with Crippen LogP contribution in [0.1, 0.15) is 59.4 Å². The Hall–Kier alpha value is -1.40. The minimum atomic E-state index is -0.883. The van der Waals surface area contributed by atoms with Crippen LogP contribution in [0.5, 0.6) is 0 Å². The average Bonchev–Trinajstić information content (AvgIpc) is 3.13. The molecule has 6 heteroatoms. The number of rotatable bonds is 6. The molecule has 0 amide bonds. The molecule has 0 radical (unpaired) electrons. The van der Waals surface area contributed by atoms with Gasteiger partial charge in [-0.1, -0.05) is 31.3 Å². The van der Waals surface area contributed by atoms with Crippen LogP contribution in [-0.2, 0) is 0 Å². The molecule has 114 valence electrons. The molecule has 0 saturated carbocycles. The van der Waals surface area contributed by atoms with E-state index < -0.39 is 5.97 Å². The largest absolute Gasteiger partial charge is 0.477 e. The Kier molecular flexibility index (Phi) is 5.00. The third kappa shape index (κ3) is 3.27. The number of anilines is 1. The van der Waals surface area contributed by atoms with Crippen molar-refractivity contribution < 1.29 is 9.90 Å². The molecule has 0 fully saturated rings. The SMILES string of the molecule is CCC(C)c1nc(N(C)C(C)c2cccs2)sc1C(=O)O. The Balaban J connectivity index is 2.33. The van der Waals surface area contributed by atoms with Crippen molar-refractivity contribution in [3.8, 4) is 0 Å². The molecular weight excluding hydrogens is 304 g/mol. The van der Waals surface area contributed by atoms with Gasteiger partial charge in [0.05, 0.1) is 11.7 Å². The average molecular weight is 324 g/mol. The zero-order chi connectivity index (χ0) is 15.6. The molecule has 0 bridgehead atoms. The number of aromatic carboxylic acids is 1. The molecule has 0 aliphatic carbocycles. The molecule has 4 nitrogen and oxygen atoms in total. The second kappa shape index (κ2) is 6.58. The maximum absolute atomic E-state index is 11.4. The number of carboxylic acid groups (broad SMARTS) is 1. The van der Waals surface area contributed by atoms with Gasteiger partial charge in [0.1, 0.15) is 4.88 Å². The Morgan fingerprint density at radius 1 is 1.48 bits per heavy atom. The van der Waals surface area contributed by atoms with Crippen LogP contribution < -0.4 is 4.90 Å².